The van der Waals surface area contributed by atoms with Crippen LogP contribution in [0.1, 0.15) is 35.9 Å². The van der Waals surface area contributed by atoms with Crippen molar-refractivity contribution >= 4 is 33.6 Å². The average Bonchev–Trinajstić information content (AvgIpc) is 3.35. The van der Waals surface area contributed by atoms with Gasteiger partial charge in [-0.05, 0) is 48.3 Å². The third-order valence-corrected chi connectivity index (χ3v) is 6.70. The third-order valence-electron chi connectivity index (χ3n) is 5.45. The molecule has 8 nitrogen and oxygen atoms in total. The van der Waals surface area contributed by atoms with Gasteiger partial charge in [0.2, 0.25) is 0 Å². The number of para-hydroxylation sites is 1. The van der Waals surface area contributed by atoms with Crippen LogP contribution in [0.5, 0.6) is 5.75 Å². The summed E-state index contributed by atoms with van der Waals surface area (Å²) in [4.78, 5) is 8.95. The fourth-order valence-electron chi connectivity index (χ4n) is 4.17. The molecule has 0 aliphatic carbocycles. The van der Waals surface area contributed by atoms with Gasteiger partial charge < -0.3 is 9.47 Å². The van der Waals surface area contributed by atoms with Crippen molar-refractivity contribution in [3.8, 4) is 5.75 Å². The second-order valence-electron chi connectivity index (χ2n) is 7.37. The maximum absolute atomic E-state index is 12.2. The van der Waals surface area contributed by atoms with Crippen LogP contribution in [0.3, 0.4) is 0 Å². The maximum Gasteiger partial charge on any atom is 0.265 e. The Morgan fingerprint density at radius 2 is 2.14 bits per heavy atom. The second kappa shape index (κ2) is 8.10. The van der Waals surface area contributed by atoms with Crippen molar-refractivity contribution < 1.29 is 22.1 Å². The minimum Gasteiger partial charge on any atom is -0.494 e. The van der Waals surface area contributed by atoms with Gasteiger partial charge in [-0.3, -0.25) is 9.18 Å². The molecule has 29 heavy (non-hydrogen) atoms. The Morgan fingerprint density at radius 3 is 2.79 bits per heavy atom. The number of fused-ring (bicyclic) bond motifs is 1. The molecule has 0 spiro atoms. The van der Waals surface area contributed by atoms with Crippen LogP contribution in [0.2, 0.25) is 0 Å². The smallest absolute Gasteiger partial charge is 0.265 e. The Labute approximate surface area is 174 Å². The molecule has 0 saturated carbocycles. The first kappa shape index (κ1) is 20.4. The molecule has 1 aromatic heterocycles. The number of nitrogens with zero attached hydrogens (tertiary/aromatic N) is 3. The Hall–Kier alpha value is -1.88. The SMILES string of the molecule is COc1cccc2c1N=CC2(CC1CCOCC1)C(OS(C)(=O)=O)c1ncns1. The van der Waals surface area contributed by atoms with E-state index < -0.39 is 21.6 Å². The van der Waals surface area contributed by atoms with Crippen LogP contribution in [0, 0.1) is 5.92 Å². The summed E-state index contributed by atoms with van der Waals surface area (Å²) >= 11 is 1.14. The lowest BCUT2D eigenvalue weighted by Gasteiger charge is -2.37. The molecule has 2 atom stereocenters. The highest BCUT2D eigenvalue weighted by molar-refractivity contribution is 7.86. The molecule has 0 bridgehead atoms. The van der Waals surface area contributed by atoms with Crippen LogP contribution in [0.25, 0.3) is 0 Å². The van der Waals surface area contributed by atoms with Crippen LogP contribution < -0.4 is 4.74 Å². The molecule has 2 aliphatic rings. The zero-order valence-electron chi connectivity index (χ0n) is 16.3. The average molecular weight is 438 g/mol. The van der Waals surface area contributed by atoms with E-state index in [1.807, 2.05) is 24.4 Å². The van der Waals surface area contributed by atoms with Crippen LogP contribution in [-0.2, 0) is 24.5 Å². The van der Waals surface area contributed by atoms with Gasteiger partial charge in [-0.1, -0.05) is 12.1 Å². The van der Waals surface area contributed by atoms with Gasteiger partial charge in [-0.15, -0.1) is 0 Å². The fraction of sp³-hybridized carbons (Fsp3) is 0.526. The van der Waals surface area contributed by atoms with Crippen LogP contribution in [-0.4, -0.2) is 50.6 Å². The normalized spacial score (nSPS) is 23.1. The second-order valence-corrected chi connectivity index (χ2v) is 9.79. The summed E-state index contributed by atoms with van der Waals surface area (Å²) in [5.74, 6) is 0.980. The van der Waals surface area contributed by atoms with Crippen LogP contribution >= 0.6 is 11.5 Å². The van der Waals surface area contributed by atoms with E-state index in [4.69, 9.17) is 13.7 Å². The first-order valence-electron chi connectivity index (χ1n) is 9.38. The van der Waals surface area contributed by atoms with Crippen molar-refractivity contribution in [3.05, 3.63) is 35.1 Å². The predicted octanol–water partition coefficient (Wildman–Crippen LogP) is 3.03. The molecule has 1 aromatic carbocycles. The molecule has 10 heteroatoms. The summed E-state index contributed by atoms with van der Waals surface area (Å²) in [7, 11) is -2.17. The van der Waals surface area contributed by atoms with Crippen molar-refractivity contribution in [2.24, 2.45) is 10.9 Å². The van der Waals surface area contributed by atoms with Gasteiger partial charge in [0.25, 0.3) is 10.1 Å². The maximum atomic E-state index is 12.2. The molecule has 4 rings (SSSR count). The van der Waals surface area contributed by atoms with Crippen molar-refractivity contribution in [1.29, 1.82) is 0 Å². The van der Waals surface area contributed by atoms with E-state index in [0.29, 0.717) is 42.0 Å². The van der Waals surface area contributed by atoms with Gasteiger partial charge in [0.15, 0.2) is 0 Å². The molecule has 2 unspecified atom stereocenters. The number of rotatable bonds is 7. The Kier molecular flexibility index (Phi) is 5.69. The summed E-state index contributed by atoms with van der Waals surface area (Å²) in [5.41, 5.74) is 0.787. The number of methoxy groups -OCH3 is 1. The van der Waals surface area contributed by atoms with E-state index in [2.05, 4.69) is 14.3 Å². The molecular formula is C19H23N3O5S2. The lowest BCUT2D eigenvalue weighted by Crippen LogP contribution is -2.39. The molecule has 1 saturated heterocycles. The Bertz CT molecular complexity index is 987. The number of aromatic nitrogens is 2. The lowest BCUT2D eigenvalue weighted by molar-refractivity contribution is 0.0488. The molecule has 2 aromatic rings. The molecule has 3 heterocycles. The minimum absolute atomic E-state index is 0.339. The number of aliphatic imine (C=N–C) groups is 1. The highest BCUT2D eigenvalue weighted by Gasteiger charge is 2.50. The topological polar surface area (TPSA) is 100.0 Å². The summed E-state index contributed by atoms with van der Waals surface area (Å²) in [5, 5.41) is 0.504. The van der Waals surface area contributed by atoms with Gasteiger partial charge in [-0.2, -0.15) is 12.8 Å². The standard InChI is InChI=1S/C19H23N3O5S2/c1-25-15-5-3-4-14-16(15)20-11-19(14,10-13-6-8-26-9-7-13)17(27-29(2,23)24)18-21-12-22-28-18/h3-5,11-13,17H,6-10H2,1-2H3. The molecule has 156 valence electrons. The highest BCUT2D eigenvalue weighted by Crippen LogP contribution is 2.53. The monoisotopic (exact) mass is 437 g/mol. The minimum atomic E-state index is -3.76. The van der Waals surface area contributed by atoms with Gasteiger partial charge in [0, 0.05) is 19.4 Å². The van der Waals surface area contributed by atoms with Gasteiger partial charge >= 0.3 is 0 Å². The number of benzene rings is 1. The quantitative estimate of drug-likeness (QED) is 0.614. The van der Waals surface area contributed by atoms with E-state index >= 15 is 0 Å². The zero-order chi connectivity index (χ0) is 20.5. The van der Waals surface area contributed by atoms with E-state index in [1.165, 1.54) is 6.33 Å². The zero-order valence-corrected chi connectivity index (χ0v) is 17.9. The van der Waals surface area contributed by atoms with Crippen LogP contribution in [0.4, 0.5) is 5.69 Å². The molecule has 0 N–H and O–H groups in total. The third kappa shape index (κ3) is 4.07. The van der Waals surface area contributed by atoms with Gasteiger partial charge in [0.05, 0.1) is 18.8 Å². The number of hydrogen-bond acceptors (Lipinski definition) is 9. The summed E-state index contributed by atoms with van der Waals surface area (Å²) < 4.78 is 45.2. The first-order chi connectivity index (χ1) is 13.9. The Balaban J connectivity index is 1.86. The van der Waals surface area contributed by atoms with E-state index in [-0.39, 0.29) is 0 Å². The largest absolute Gasteiger partial charge is 0.494 e. The molecule has 1 fully saturated rings. The number of hydrogen-bond donors (Lipinski definition) is 0. The fourth-order valence-corrected chi connectivity index (χ4v) is 5.50. The molecule has 2 aliphatic heterocycles. The highest BCUT2D eigenvalue weighted by atomic mass is 32.2. The van der Waals surface area contributed by atoms with E-state index in [1.54, 1.807) is 7.11 Å². The van der Waals surface area contributed by atoms with Crippen molar-refractivity contribution in [3.63, 3.8) is 0 Å². The first-order valence-corrected chi connectivity index (χ1v) is 12.0. The van der Waals surface area contributed by atoms with Crippen molar-refractivity contribution in [2.75, 3.05) is 26.6 Å². The number of ether oxygens (including phenoxy) is 2. The predicted molar refractivity (Wildman–Crippen MR) is 110 cm³/mol. The van der Waals surface area contributed by atoms with Crippen molar-refractivity contribution in [2.45, 2.75) is 30.8 Å². The molecule has 0 radical (unpaired) electrons. The summed E-state index contributed by atoms with van der Waals surface area (Å²) in [6.07, 6.45) is 5.89. The van der Waals surface area contributed by atoms with E-state index in [0.717, 1.165) is 36.2 Å². The van der Waals surface area contributed by atoms with E-state index in [9.17, 15) is 8.42 Å². The van der Waals surface area contributed by atoms with Crippen molar-refractivity contribution in [1.82, 2.24) is 9.36 Å². The summed E-state index contributed by atoms with van der Waals surface area (Å²) in [6, 6.07) is 5.70. The van der Waals surface area contributed by atoms with Gasteiger partial charge in [0.1, 0.15) is 28.9 Å². The van der Waals surface area contributed by atoms with Crippen LogP contribution in [0.15, 0.2) is 29.5 Å². The van der Waals surface area contributed by atoms with Gasteiger partial charge in [-0.25, -0.2) is 4.98 Å². The molecular weight excluding hydrogens is 414 g/mol. The molecule has 0 amide bonds. The Morgan fingerprint density at radius 1 is 1.34 bits per heavy atom. The summed E-state index contributed by atoms with van der Waals surface area (Å²) in [6.45, 7) is 1.39. The lowest BCUT2D eigenvalue weighted by atomic mass is 9.70.